The highest BCUT2D eigenvalue weighted by Gasteiger charge is 2.34. The molecule has 1 fully saturated rings. The van der Waals surface area contributed by atoms with Crippen LogP contribution in [0.2, 0.25) is 0 Å². The van der Waals surface area contributed by atoms with E-state index in [0.29, 0.717) is 16.5 Å². The Kier molecular flexibility index (Phi) is 6.18. The zero-order valence-electron chi connectivity index (χ0n) is 14.8. The number of nitrogens with zero attached hydrogens (tertiary/aromatic N) is 2. The molecule has 0 radical (unpaired) electrons. The highest BCUT2D eigenvalue weighted by atomic mass is 79.9. The fraction of sp³-hybridized carbons (Fsp3) is 0.211. The molecule has 0 aliphatic carbocycles. The fourth-order valence-corrected chi connectivity index (χ4v) is 3.75. The molecule has 2 aromatic rings. The average molecular weight is 448 g/mol. The second kappa shape index (κ2) is 8.58. The summed E-state index contributed by atoms with van der Waals surface area (Å²) < 4.78 is 6.06. The maximum atomic E-state index is 12.6. The van der Waals surface area contributed by atoms with Gasteiger partial charge < -0.3 is 10.1 Å². The molecule has 0 spiro atoms. The first-order chi connectivity index (χ1) is 13.0. The molecule has 1 aliphatic rings. The van der Waals surface area contributed by atoms with Crippen molar-refractivity contribution in [2.24, 2.45) is 4.99 Å². The Hall–Kier alpha value is -2.32. The third-order valence-electron chi connectivity index (χ3n) is 3.97. The lowest BCUT2D eigenvalue weighted by molar-refractivity contribution is -0.128. The fourth-order valence-electron chi connectivity index (χ4n) is 2.42. The van der Waals surface area contributed by atoms with Gasteiger partial charge in [0.2, 0.25) is 11.8 Å². The van der Waals surface area contributed by atoms with Crippen molar-refractivity contribution in [2.75, 3.05) is 19.5 Å². The summed E-state index contributed by atoms with van der Waals surface area (Å²) in [6.07, 6.45) is 0.130. The lowest BCUT2D eigenvalue weighted by atomic mass is 10.2. The molecular weight excluding hydrogens is 430 g/mol. The number of ether oxygens (including phenoxy) is 1. The van der Waals surface area contributed by atoms with Crippen molar-refractivity contribution < 1.29 is 14.3 Å². The van der Waals surface area contributed by atoms with Gasteiger partial charge in [0.15, 0.2) is 5.17 Å². The Morgan fingerprint density at radius 3 is 2.52 bits per heavy atom. The van der Waals surface area contributed by atoms with Crippen LogP contribution in [0.25, 0.3) is 0 Å². The standard InChI is InChI=1S/C19H18BrN3O3S/c1-23-17(24)11-16(18(25)21-13-5-3-12(20)4-6-13)27-19(23)22-14-7-9-15(26-2)10-8-14/h3-10,16H,11H2,1-2H3,(H,21,25)/t16-/m1/s1. The number of thioether (sulfide) groups is 1. The van der Waals surface area contributed by atoms with Crippen molar-refractivity contribution in [1.82, 2.24) is 4.90 Å². The van der Waals surface area contributed by atoms with E-state index in [1.807, 2.05) is 12.1 Å². The number of carbonyl (C=O) groups is 2. The van der Waals surface area contributed by atoms with Gasteiger partial charge >= 0.3 is 0 Å². The summed E-state index contributed by atoms with van der Waals surface area (Å²) in [7, 11) is 3.26. The minimum absolute atomic E-state index is 0.130. The van der Waals surface area contributed by atoms with E-state index in [0.717, 1.165) is 10.2 Å². The number of carbonyl (C=O) groups excluding carboxylic acids is 2. The number of nitrogens with one attached hydrogen (secondary N) is 1. The quantitative estimate of drug-likeness (QED) is 0.767. The van der Waals surface area contributed by atoms with E-state index in [4.69, 9.17) is 4.74 Å². The maximum absolute atomic E-state index is 12.6. The van der Waals surface area contributed by atoms with Crippen LogP contribution < -0.4 is 10.1 Å². The van der Waals surface area contributed by atoms with Crippen molar-refractivity contribution in [3.8, 4) is 5.75 Å². The van der Waals surface area contributed by atoms with E-state index in [1.54, 1.807) is 50.6 Å². The third kappa shape index (κ3) is 4.90. The van der Waals surface area contributed by atoms with E-state index >= 15 is 0 Å². The normalized spacial score (nSPS) is 18.5. The molecule has 8 heteroatoms. The molecule has 2 amide bonds. The van der Waals surface area contributed by atoms with Gasteiger partial charge in [-0.05, 0) is 48.5 Å². The maximum Gasteiger partial charge on any atom is 0.238 e. The van der Waals surface area contributed by atoms with Crippen molar-refractivity contribution in [3.05, 3.63) is 53.0 Å². The van der Waals surface area contributed by atoms with E-state index < -0.39 is 5.25 Å². The minimum atomic E-state index is -0.533. The van der Waals surface area contributed by atoms with Crippen molar-refractivity contribution in [2.45, 2.75) is 11.7 Å². The van der Waals surface area contributed by atoms with Crippen LogP contribution in [0.15, 0.2) is 58.0 Å². The Bertz CT molecular complexity index is 869. The summed E-state index contributed by atoms with van der Waals surface area (Å²) in [4.78, 5) is 30.9. The van der Waals surface area contributed by atoms with E-state index in [2.05, 4.69) is 26.2 Å². The SMILES string of the molecule is COc1ccc(N=C2S[C@@H](C(=O)Nc3ccc(Br)cc3)CC(=O)N2C)cc1. The van der Waals surface area contributed by atoms with Gasteiger partial charge in [-0.3, -0.25) is 14.5 Å². The first kappa shape index (κ1) is 19.4. The van der Waals surface area contributed by atoms with E-state index in [9.17, 15) is 9.59 Å². The summed E-state index contributed by atoms with van der Waals surface area (Å²) in [5, 5.41) is 2.81. The van der Waals surface area contributed by atoms with Gasteiger partial charge in [0.25, 0.3) is 0 Å². The molecule has 27 heavy (non-hydrogen) atoms. The number of benzene rings is 2. The Morgan fingerprint density at radius 2 is 1.89 bits per heavy atom. The van der Waals surface area contributed by atoms with Crippen molar-refractivity contribution in [3.63, 3.8) is 0 Å². The van der Waals surface area contributed by atoms with Crippen molar-refractivity contribution >= 4 is 56.0 Å². The van der Waals surface area contributed by atoms with Gasteiger partial charge in [-0.1, -0.05) is 27.7 Å². The monoisotopic (exact) mass is 447 g/mol. The van der Waals surface area contributed by atoms with Crippen LogP contribution in [0.4, 0.5) is 11.4 Å². The predicted octanol–water partition coefficient (Wildman–Crippen LogP) is 4.05. The van der Waals surface area contributed by atoms with Crippen LogP contribution >= 0.6 is 27.7 Å². The lowest BCUT2D eigenvalue weighted by Crippen LogP contribution is -2.43. The molecule has 2 aromatic carbocycles. The molecule has 0 saturated carbocycles. The van der Waals surface area contributed by atoms with Crippen LogP contribution in [0, 0.1) is 0 Å². The second-order valence-electron chi connectivity index (χ2n) is 5.85. The second-order valence-corrected chi connectivity index (χ2v) is 7.94. The van der Waals surface area contributed by atoms with Crippen LogP contribution in [-0.2, 0) is 9.59 Å². The average Bonchev–Trinajstić information content (AvgIpc) is 2.67. The van der Waals surface area contributed by atoms with Crippen LogP contribution in [0.1, 0.15) is 6.42 Å². The molecule has 3 rings (SSSR count). The molecule has 6 nitrogen and oxygen atoms in total. The topological polar surface area (TPSA) is 71.0 Å². The zero-order valence-corrected chi connectivity index (χ0v) is 17.2. The summed E-state index contributed by atoms with van der Waals surface area (Å²) in [5.74, 6) is 0.370. The van der Waals surface area contributed by atoms with Gasteiger partial charge in [0.05, 0.1) is 12.8 Å². The molecule has 1 saturated heterocycles. The largest absolute Gasteiger partial charge is 0.497 e. The molecule has 1 aliphatic heterocycles. The Labute approximate surface area is 170 Å². The summed E-state index contributed by atoms with van der Waals surface area (Å²) >= 11 is 4.64. The molecular formula is C19H18BrN3O3S. The number of amidine groups is 1. The molecule has 0 aromatic heterocycles. The molecule has 1 heterocycles. The molecule has 1 N–H and O–H groups in total. The highest BCUT2D eigenvalue weighted by molar-refractivity contribution is 9.10. The number of hydrogen-bond acceptors (Lipinski definition) is 5. The van der Waals surface area contributed by atoms with Crippen molar-refractivity contribution in [1.29, 1.82) is 0 Å². The Balaban J connectivity index is 1.75. The lowest BCUT2D eigenvalue weighted by Gasteiger charge is -2.28. The number of amides is 2. The van der Waals surface area contributed by atoms with Gasteiger partial charge in [0.1, 0.15) is 11.0 Å². The highest BCUT2D eigenvalue weighted by Crippen LogP contribution is 2.29. The summed E-state index contributed by atoms with van der Waals surface area (Å²) in [5.41, 5.74) is 1.37. The number of hydrogen-bond donors (Lipinski definition) is 1. The van der Waals surface area contributed by atoms with E-state index in [1.165, 1.54) is 16.7 Å². The van der Waals surface area contributed by atoms with Gasteiger partial charge in [0, 0.05) is 23.6 Å². The summed E-state index contributed by atoms with van der Waals surface area (Å²) in [6, 6.07) is 14.5. The summed E-state index contributed by atoms with van der Waals surface area (Å²) in [6.45, 7) is 0. The molecule has 0 unspecified atom stereocenters. The number of methoxy groups -OCH3 is 1. The van der Waals surface area contributed by atoms with Gasteiger partial charge in [-0.15, -0.1) is 0 Å². The van der Waals surface area contributed by atoms with Gasteiger partial charge in [-0.25, -0.2) is 4.99 Å². The number of aliphatic imine (C=N–C) groups is 1. The van der Waals surface area contributed by atoms with Gasteiger partial charge in [-0.2, -0.15) is 0 Å². The first-order valence-corrected chi connectivity index (χ1v) is 9.86. The number of rotatable bonds is 4. The number of halogens is 1. The molecule has 0 bridgehead atoms. The van der Waals surface area contributed by atoms with Crippen LogP contribution in [-0.4, -0.2) is 41.3 Å². The smallest absolute Gasteiger partial charge is 0.238 e. The van der Waals surface area contributed by atoms with E-state index in [-0.39, 0.29) is 18.2 Å². The predicted molar refractivity (Wildman–Crippen MR) is 112 cm³/mol. The Morgan fingerprint density at radius 1 is 1.22 bits per heavy atom. The first-order valence-electron chi connectivity index (χ1n) is 8.18. The van der Waals surface area contributed by atoms with Crippen LogP contribution in [0.3, 0.4) is 0 Å². The minimum Gasteiger partial charge on any atom is -0.497 e. The number of anilines is 1. The third-order valence-corrected chi connectivity index (χ3v) is 5.74. The zero-order chi connectivity index (χ0) is 19.4. The van der Waals surface area contributed by atoms with Crippen LogP contribution in [0.5, 0.6) is 5.75 Å². The molecule has 140 valence electrons. The molecule has 1 atom stereocenters.